The summed E-state index contributed by atoms with van der Waals surface area (Å²) in [5.41, 5.74) is 0.940. The predicted molar refractivity (Wildman–Crippen MR) is 98.1 cm³/mol. The molecule has 2 aromatic carbocycles. The molecule has 1 heterocycles. The van der Waals surface area contributed by atoms with Crippen molar-refractivity contribution in [3.63, 3.8) is 0 Å². The van der Waals surface area contributed by atoms with E-state index in [1.807, 2.05) is 48.5 Å². The van der Waals surface area contributed by atoms with Gasteiger partial charge in [0.2, 0.25) is 0 Å². The van der Waals surface area contributed by atoms with Crippen LogP contribution in [0.2, 0.25) is 0 Å². The van der Waals surface area contributed by atoms with E-state index in [4.69, 9.17) is 9.47 Å². The molecule has 3 aromatic rings. The molecular weight excluding hydrogens is 316 g/mol. The maximum atomic E-state index is 10.4. The second-order valence-electron chi connectivity index (χ2n) is 6.51. The number of aryl methyl sites for hydroxylation is 1. The van der Waals surface area contributed by atoms with Gasteiger partial charge in [0, 0.05) is 6.54 Å². The third-order valence-electron chi connectivity index (χ3n) is 4.06. The molecule has 3 rings (SSSR count). The van der Waals surface area contributed by atoms with E-state index in [0.717, 1.165) is 35.5 Å². The zero-order valence-corrected chi connectivity index (χ0v) is 14.9. The van der Waals surface area contributed by atoms with Gasteiger partial charge in [0.1, 0.15) is 22.9 Å². The van der Waals surface area contributed by atoms with E-state index in [-0.39, 0.29) is 0 Å². The SMILES string of the molecule is COc1ccc(OCCCn2c(C(C)(C)O)nc3ccccc32)cc1. The van der Waals surface area contributed by atoms with Crippen molar-refractivity contribution in [2.75, 3.05) is 13.7 Å². The number of aliphatic hydroxyl groups is 1. The van der Waals surface area contributed by atoms with Crippen LogP contribution in [0.4, 0.5) is 0 Å². The van der Waals surface area contributed by atoms with Gasteiger partial charge >= 0.3 is 0 Å². The molecule has 5 heteroatoms. The van der Waals surface area contributed by atoms with Crippen LogP contribution in [0.1, 0.15) is 26.1 Å². The molecule has 0 aliphatic heterocycles. The average Bonchev–Trinajstić information content (AvgIpc) is 2.98. The number of nitrogens with zero attached hydrogens (tertiary/aromatic N) is 2. The number of para-hydroxylation sites is 2. The molecule has 1 N–H and O–H groups in total. The number of hydrogen-bond acceptors (Lipinski definition) is 4. The first-order valence-corrected chi connectivity index (χ1v) is 8.44. The van der Waals surface area contributed by atoms with Crippen molar-refractivity contribution in [1.29, 1.82) is 0 Å². The summed E-state index contributed by atoms with van der Waals surface area (Å²) in [6.07, 6.45) is 0.815. The van der Waals surface area contributed by atoms with E-state index in [9.17, 15) is 5.11 Å². The minimum absolute atomic E-state index is 0.587. The fraction of sp³-hybridized carbons (Fsp3) is 0.350. The molecule has 0 saturated heterocycles. The minimum atomic E-state index is -0.990. The Morgan fingerprint density at radius 3 is 2.40 bits per heavy atom. The molecule has 0 atom stereocenters. The average molecular weight is 340 g/mol. The van der Waals surface area contributed by atoms with E-state index in [1.54, 1.807) is 21.0 Å². The number of ether oxygens (including phenoxy) is 2. The minimum Gasteiger partial charge on any atom is -0.497 e. The molecular formula is C20H24N2O3. The second kappa shape index (κ2) is 7.15. The molecule has 0 aliphatic rings. The third kappa shape index (κ3) is 3.94. The molecule has 0 fully saturated rings. The molecule has 0 spiro atoms. The van der Waals surface area contributed by atoms with Crippen molar-refractivity contribution in [3.05, 3.63) is 54.4 Å². The van der Waals surface area contributed by atoms with E-state index in [0.29, 0.717) is 12.4 Å². The van der Waals surface area contributed by atoms with Crippen LogP contribution in [0.5, 0.6) is 11.5 Å². The lowest BCUT2D eigenvalue weighted by Crippen LogP contribution is -2.22. The summed E-state index contributed by atoms with van der Waals surface area (Å²) in [5, 5.41) is 10.4. The van der Waals surface area contributed by atoms with Gasteiger partial charge in [-0.15, -0.1) is 0 Å². The largest absolute Gasteiger partial charge is 0.497 e. The lowest BCUT2D eigenvalue weighted by Gasteiger charge is -2.19. The van der Waals surface area contributed by atoms with E-state index in [2.05, 4.69) is 9.55 Å². The number of imidazole rings is 1. The Hall–Kier alpha value is -2.53. The molecule has 0 aliphatic carbocycles. The zero-order valence-electron chi connectivity index (χ0n) is 14.9. The monoisotopic (exact) mass is 340 g/mol. The summed E-state index contributed by atoms with van der Waals surface area (Å²) < 4.78 is 13.0. The first-order chi connectivity index (χ1) is 12.0. The molecule has 0 bridgehead atoms. The molecule has 5 nitrogen and oxygen atoms in total. The smallest absolute Gasteiger partial charge is 0.141 e. The Morgan fingerprint density at radius 2 is 1.72 bits per heavy atom. The van der Waals surface area contributed by atoms with Crippen LogP contribution in [-0.4, -0.2) is 28.4 Å². The van der Waals surface area contributed by atoms with Crippen molar-refractivity contribution in [2.45, 2.75) is 32.4 Å². The third-order valence-corrected chi connectivity index (χ3v) is 4.06. The lowest BCUT2D eigenvalue weighted by atomic mass is 10.1. The van der Waals surface area contributed by atoms with Crippen LogP contribution in [0, 0.1) is 0 Å². The lowest BCUT2D eigenvalue weighted by molar-refractivity contribution is 0.0649. The van der Waals surface area contributed by atoms with Gasteiger partial charge in [-0.3, -0.25) is 0 Å². The highest BCUT2D eigenvalue weighted by atomic mass is 16.5. The number of fused-ring (bicyclic) bond motifs is 1. The first kappa shape index (κ1) is 17.3. The zero-order chi connectivity index (χ0) is 17.9. The quantitative estimate of drug-likeness (QED) is 0.666. The Balaban J connectivity index is 1.68. The Kier molecular flexibility index (Phi) is 4.95. The summed E-state index contributed by atoms with van der Waals surface area (Å²) in [7, 11) is 1.64. The maximum Gasteiger partial charge on any atom is 0.141 e. The van der Waals surface area contributed by atoms with Crippen molar-refractivity contribution in [2.24, 2.45) is 0 Å². The summed E-state index contributed by atoms with van der Waals surface area (Å²) in [6, 6.07) is 15.5. The summed E-state index contributed by atoms with van der Waals surface area (Å²) in [6.45, 7) is 4.84. The van der Waals surface area contributed by atoms with Gasteiger partial charge in [-0.1, -0.05) is 12.1 Å². The summed E-state index contributed by atoms with van der Waals surface area (Å²) >= 11 is 0. The van der Waals surface area contributed by atoms with Crippen LogP contribution in [0.15, 0.2) is 48.5 Å². The van der Waals surface area contributed by atoms with Gasteiger partial charge in [0.15, 0.2) is 0 Å². The number of aromatic nitrogens is 2. The van der Waals surface area contributed by atoms with Gasteiger partial charge in [-0.25, -0.2) is 4.98 Å². The van der Waals surface area contributed by atoms with Gasteiger partial charge < -0.3 is 19.1 Å². The molecule has 0 saturated carbocycles. The Morgan fingerprint density at radius 1 is 1.04 bits per heavy atom. The van der Waals surface area contributed by atoms with E-state index in [1.165, 1.54) is 0 Å². The van der Waals surface area contributed by atoms with Gasteiger partial charge in [0.25, 0.3) is 0 Å². The van der Waals surface area contributed by atoms with Crippen LogP contribution in [0.3, 0.4) is 0 Å². The van der Waals surface area contributed by atoms with Gasteiger partial charge in [-0.2, -0.15) is 0 Å². The molecule has 25 heavy (non-hydrogen) atoms. The van der Waals surface area contributed by atoms with E-state index >= 15 is 0 Å². The standard InChI is InChI=1S/C20H24N2O3/c1-20(2,23)19-21-17-7-4-5-8-18(17)22(19)13-6-14-25-16-11-9-15(24-3)10-12-16/h4-5,7-12,23H,6,13-14H2,1-3H3. The predicted octanol–water partition coefficient (Wildman–Crippen LogP) is 3.74. The summed E-state index contributed by atoms with van der Waals surface area (Å²) in [5.74, 6) is 2.31. The van der Waals surface area contributed by atoms with Crippen molar-refractivity contribution < 1.29 is 14.6 Å². The normalized spacial score (nSPS) is 11.7. The Bertz CT molecular complexity index is 832. The molecule has 1 aromatic heterocycles. The Labute approximate surface area is 147 Å². The molecule has 0 unspecified atom stereocenters. The topological polar surface area (TPSA) is 56.5 Å². The van der Waals surface area contributed by atoms with Crippen LogP contribution < -0.4 is 9.47 Å². The van der Waals surface area contributed by atoms with Crippen LogP contribution >= 0.6 is 0 Å². The molecule has 0 amide bonds. The van der Waals surface area contributed by atoms with Gasteiger partial charge in [0.05, 0.1) is 24.8 Å². The van der Waals surface area contributed by atoms with Crippen LogP contribution in [-0.2, 0) is 12.1 Å². The van der Waals surface area contributed by atoms with Crippen molar-refractivity contribution in [1.82, 2.24) is 9.55 Å². The highest BCUT2D eigenvalue weighted by Gasteiger charge is 2.24. The number of methoxy groups -OCH3 is 1. The van der Waals surface area contributed by atoms with Crippen molar-refractivity contribution >= 4 is 11.0 Å². The molecule has 132 valence electrons. The van der Waals surface area contributed by atoms with Crippen molar-refractivity contribution in [3.8, 4) is 11.5 Å². The number of benzene rings is 2. The first-order valence-electron chi connectivity index (χ1n) is 8.44. The highest BCUT2D eigenvalue weighted by molar-refractivity contribution is 5.76. The summed E-state index contributed by atoms with van der Waals surface area (Å²) in [4.78, 5) is 4.60. The van der Waals surface area contributed by atoms with E-state index < -0.39 is 5.60 Å². The fourth-order valence-electron chi connectivity index (χ4n) is 2.85. The fourth-order valence-corrected chi connectivity index (χ4v) is 2.85. The maximum absolute atomic E-state index is 10.4. The second-order valence-corrected chi connectivity index (χ2v) is 6.51. The number of hydrogen-bond donors (Lipinski definition) is 1. The van der Waals surface area contributed by atoms with Gasteiger partial charge in [-0.05, 0) is 56.7 Å². The van der Waals surface area contributed by atoms with Crippen LogP contribution in [0.25, 0.3) is 11.0 Å². The molecule has 0 radical (unpaired) electrons. The highest BCUT2D eigenvalue weighted by Crippen LogP contribution is 2.25. The number of rotatable bonds is 7.